The molecular formula is C23H27F2N5O3S. The topological polar surface area (TPSA) is 98.4 Å². The van der Waals surface area contributed by atoms with E-state index in [1.165, 1.54) is 6.20 Å². The quantitative estimate of drug-likeness (QED) is 0.470. The summed E-state index contributed by atoms with van der Waals surface area (Å²) in [7, 11) is -1.75. The minimum absolute atomic E-state index is 0.0640. The summed E-state index contributed by atoms with van der Waals surface area (Å²) in [6, 6.07) is 3.65. The summed E-state index contributed by atoms with van der Waals surface area (Å²) in [5.41, 5.74) is 0.0851. The molecule has 182 valence electrons. The molecule has 3 aromatic rings. The molecule has 1 fully saturated rings. The highest BCUT2D eigenvalue weighted by Crippen LogP contribution is 2.28. The van der Waals surface area contributed by atoms with Gasteiger partial charge in [0.05, 0.1) is 17.0 Å². The summed E-state index contributed by atoms with van der Waals surface area (Å²) < 4.78 is 56.0. The molecule has 0 unspecified atom stereocenters. The highest BCUT2D eigenvalue weighted by atomic mass is 32.2. The first kappa shape index (κ1) is 24.2. The van der Waals surface area contributed by atoms with Gasteiger partial charge in [0.25, 0.3) is 0 Å². The molecule has 0 bridgehead atoms. The molecule has 0 radical (unpaired) electrons. The van der Waals surface area contributed by atoms with Crippen LogP contribution in [-0.4, -0.2) is 72.9 Å². The molecule has 0 aliphatic carbocycles. The van der Waals surface area contributed by atoms with E-state index in [-0.39, 0.29) is 11.3 Å². The number of likely N-dealkylation sites (N-methyl/N-ethyl adjacent to an activating group) is 1. The smallest absolute Gasteiger partial charge is 0.232 e. The number of nitrogens with zero attached hydrogens (tertiary/aromatic N) is 3. The van der Waals surface area contributed by atoms with Crippen LogP contribution in [0.2, 0.25) is 0 Å². The van der Waals surface area contributed by atoms with Crippen molar-refractivity contribution >= 4 is 32.5 Å². The van der Waals surface area contributed by atoms with Gasteiger partial charge in [-0.3, -0.25) is 14.4 Å². The standard InChI is InChI=1S/C23H27F2N5O3S/c1-3-10-34(32,33)28-19-5-4-18(24)20(21(19)25)22(31)17-13-27-23-16(17)11-15(12-26-23)14-30-8-6-29(2)7-9-30/h4-5,11-13,28H,3,6-10,14H2,1-2H3,(H,26,27). The van der Waals surface area contributed by atoms with E-state index in [4.69, 9.17) is 0 Å². The third-order valence-electron chi connectivity index (χ3n) is 5.89. The Morgan fingerprint density at radius 1 is 1.21 bits per heavy atom. The SMILES string of the molecule is CCCS(=O)(=O)Nc1ccc(F)c(C(=O)c2c[nH]c3ncc(CN4CCN(C)CC4)cc23)c1F. The Morgan fingerprint density at radius 3 is 2.65 bits per heavy atom. The summed E-state index contributed by atoms with van der Waals surface area (Å²) in [4.78, 5) is 25.0. The molecule has 3 heterocycles. The van der Waals surface area contributed by atoms with Crippen molar-refractivity contribution in [2.45, 2.75) is 19.9 Å². The van der Waals surface area contributed by atoms with Crippen molar-refractivity contribution in [2.24, 2.45) is 0 Å². The molecule has 1 aromatic carbocycles. The Morgan fingerprint density at radius 2 is 1.94 bits per heavy atom. The zero-order valence-electron chi connectivity index (χ0n) is 19.1. The van der Waals surface area contributed by atoms with Gasteiger partial charge in [-0.15, -0.1) is 0 Å². The van der Waals surface area contributed by atoms with Crippen molar-refractivity contribution in [3.8, 4) is 0 Å². The molecule has 2 N–H and O–H groups in total. The summed E-state index contributed by atoms with van der Waals surface area (Å²) in [6.07, 6.45) is 3.41. The lowest BCUT2D eigenvalue weighted by molar-refractivity contribution is 0.103. The third kappa shape index (κ3) is 5.11. The lowest BCUT2D eigenvalue weighted by atomic mass is 10.0. The number of pyridine rings is 1. The fourth-order valence-corrected chi connectivity index (χ4v) is 5.18. The summed E-state index contributed by atoms with van der Waals surface area (Å²) >= 11 is 0. The number of nitrogens with one attached hydrogen (secondary N) is 2. The summed E-state index contributed by atoms with van der Waals surface area (Å²) in [5.74, 6) is -3.44. The van der Waals surface area contributed by atoms with Crippen molar-refractivity contribution in [3.63, 3.8) is 0 Å². The molecule has 1 saturated heterocycles. The third-order valence-corrected chi connectivity index (χ3v) is 7.37. The molecule has 2 aromatic heterocycles. The number of carbonyl (C=O) groups excluding carboxylic acids is 1. The number of ketones is 1. The second-order valence-corrected chi connectivity index (χ2v) is 10.4. The number of H-pyrrole nitrogens is 1. The molecule has 34 heavy (non-hydrogen) atoms. The minimum Gasteiger partial charge on any atom is -0.345 e. The van der Waals surface area contributed by atoms with Crippen molar-refractivity contribution in [2.75, 3.05) is 43.7 Å². The molecular weight excluding hydrogens is 464 g/mol. The fourth-order valence-electron chi connectivity index (χ4n) is 4.05. The Bertz CT molecular complexity index is 1320. The van der Waals surface area contributed by atoms with Gasteiger partial charge in [-0.1, -0.05) is 6.92 Å². The Kier molecular flexibility index (Phi) is 6.96. The van der Waals surface area contributed by atoms with Crippen LogP contribution in [0.5, 0.6) is 0 Å². The predicted octanol–water partition coefficient (Wildman–Crippen LogP) is 2.97. The number of benzene rings is 1. The molecule has 1 aliphatic heterocycles. The molecule has 0 spiro atoms. The Balaban J connectivity index is 1.65. The number of halogens is 2. The second kappa shape index (κ2) is 9.77. The summed E-state index contributed by atoms with van der Waals surface area (Å²) in [6.45, 7) is 6.04. The van der Waals surface area contributed by atoms with Crippen LogP contribution >= 0.6 is 0 Å². The first-order valence-electron chi connectivity index (χ1n) is 11.1. The van der Waals surface area contributed by atoms with Gasteiger partial charge in [0.15, 0.2) is 5.82 Å². The van der Waals surface area contributed by atoms with Gasteiger partial charge in [0.1, 0.15) is 11.5 Å². The van der Waals surface area contributed by atoms with Crippen LogP contribution in [0.25, 0.3) is 11.0 Å². The number of rotatable bonds is 8. The van der Waals surface area contributed by atoms with Crippen LogP contribution in [0.4, 0.5) is 14.5 Å². The predicted molar refractivity (Wildman–Crippen MR) is 126 cm³/mol. The van der Waals surface area contributed by atoms with E-state index in [2.05, 4.69) is 31.5 Å². The van der Waals surface area contributed by atoms with Crippen LogP contribution < -0.4 is 4.72 Å². The number of anilines is 1. The van der Waals surface area contributed by atoms with Crippen LogP contribution in [0.3, 0.4) is 0 Å². The van der Waals surface area contributed by atoms with Crippen molar-refractivity contribution in [1.82, 2.24) is 19.8 Å². The largest absolute Gasteiger partial charge is 0.345 e. The van der Waals surface area contributed by atoms with Gasteiger partial charge < -0.3 is 9.88 Å². The number of carbonyl (C=O) groups is 1. The van der Waals surface area contributed by atoms with E-state index >= 15 is 4.39 Å². The molecule has 0 atom stereocenters. The van der Waals surface area contributed by atoms with Crippen LogP contribution in [0.15, 0.2) is 30.6 Å². The lowest BCUT2D eigenvalue weighted by Gasteiger charge is -2.32. The van der Waals surface area contributed by atoms with Gasteiger partial charge in [-0.05, 0) is 37.2 Å². The number of hydrogen-bond acceptors (Lipinski definition) is 6. The van der Waals surface area contributed by atoms with Crippen molar-refractivity contribution < 1.29 is 22.0 Å². The van der Waals surface area contributed by atoms with E-state index in [1.54, 1.807) is 19.2 Å². The fraction of sp³-hybridized carbons (Fsp3) is 0.391. The lowest BCUT2D eigenvalue weighted by Crippen LogP contribution is -2.43. The number of piperazine rings is 1. The van der Waals surface area contributed by atoms with Gasteiger partial charge in [-0.2, -0.15) is 0 Å². The van der Waals surface area contributed by atoms with Gasteiger partial charge in [-0.25, -0.2) is 22.2 Å². The molecule has 0 amide bonds. The van der Waals surface area contributed by atoms with E-state index < -0.39 is 38.7 Å². The molecule has 1 aliphatic rings. The average molecular weight is 492 g/mol. The van der Waals surface area contributed by atoms with Gasteiger partial charge in [0.2, 0.25) is 15.8 Å². The highest BCUT2D eigenvalue weighted by Gasteiger charge is 2.26. The van der Waals surface area contributed by atoms with Gasteiger partial charge in [0, 0.05) is 56.1 Å². The average Bonchev–Trinajstić information content (AvgIpc) is 3.20. The minimum atomic E-state index is -3.82. The molecule has 11 heteroatoms. The maximum atomic E-state index is 15.1. The van der Waals surface area contributed by atoms with Crippen molar-refractivity contribution in [1.29, 1.82) is 0 Å². The van der Waals surface area contributed by atoms with Crippen LogP contribution in [-0.2, 0) is 16.6 Å². The van der Waals surface area contributed by atoms with Crippen LogP contribution in [0, 0.1) is 11.6 Å². The zero-order chi connectivity index (χ0) is 24.5. The number of aromatic nitrogens is 2. The summed E-state index contributed by atoms with van der Waals surface area (Å²) in [5, 5.41) is 0.451. The zero-order valence-corrected chi connectivity index (χ0v) is 19.9. The molecule has 8 nitrogen and oxygen atoms in total. The maximum absolute atomic E-state index is 15.1. The number of fused-ring (bicyclic) bond motifs is 1. The maximum Gasteiger partial charge on any atom is 0.232 e. The Hall–Kier alpha value is -2.89. The number of sulfonamides is 1. The van der Waals surface area contributed by atoms with Crippen molar-refractivity contribution in [3.05, 3.63) is 58.9 Å². The van der Waals surface area contributed by atoms with Gasteiger partial charge >= 0.3 is 0 Å². The van der Waals surface area contributed by atoms with E-state index in [9.17, 15) is 17.6 Å². The van der Waals surface area contributed by atoms with E-state index in [0.717, 1.165) is 43.9 Å². The molecule has 0 saturated carbocycles. The first-order chi connectivity index (χ1) is 16.2. The Labute approximate surface area is 197 Å². The second-order valence-electron chi connectivity index (χ2n) is 8.56. The van der Waals surface area contributed by atoms with E-state index in [1.807, 2.05) is 0 Å². The van der Waals surface area contributed by atoms with Crippen LogP contribution in [0.1, 0.15) is 34.8 Å². The number of hydrogen-bond donors (Lipinski definition) is 2. The monoisotopic (exact) mass is 491 g/mol. The normalized spacial score (nSPS) is 15.6. The van der Waals surface area contributed by atoms with E-state index in [0.29, 0.717) is 24.0 Å². The number of aromatic amines is 1. The first-order valence-corrected chi connectivity index (χ1v) is 12.7. The molecule has 4 rings (SSSR count). The highest BCUT2D eigenvalue weighted by molar-refractivity contribution is 7.92.